The van der Waals surface area contributed by atoms with Gasteiger partial charge in [-0.3, -0.25) is 4.79 Å². The molecule has 18 heavy (non-hydrogen) atoms. The number of hydrogen-bond acceptors (Lipinski definition) is 3. The first-order valence-corrected chi connectivity index (χ1v) is 5.78. The van der Waals surface area contributed by atoms with E-state index < -0.39 is 0 Å². The molecule has 1 heterocycles. The number of fused-ring (bicyclic) bond motifs is 1. The molecule has 3 rings (SSSR count). The maximum atomic E-state index is 12.3. The maximum absolute atomic E-state index is 12.3. The molecule has 0 unspecified atom stereocenters. The van der Waals surface area contributed by atoms with Gasteiger partial charge >= 0.3 is 0 Å². The molecule has 0 radical (unpaired) electrons. The zero-order valence-electron chi connectivity index (χ0n) is 9.26. The zero-order valence-corrected chi connectivity index (χ0v) is 10.0. The number of ketones is 1. The van der Waals surface area contributed by atoms with E-state index in [1.54, 1.807) is 42.5 Å². The first-order valence-electron chi connectivity index (χ1n) is 5.40. The molecule has 0 aliphatic heterocycles. The quantitative estimate of drug-likeness (QED) is 0.657. The van der Waals surface area contributed by atoms with Crippen molar-refractivity contribution in [3.05, 3.63) is 64.9 Å². The Kier molecular flexibility index (Phi) is 2.61. The van der Waals surface area contributed by atoms with Gasteiger partial charge in [-0.2, -0.15) is 0 Å². The molecule has 3 aromatic rings. The van der Waals surface area contributed by atoms with E-state index in [0.29, 0.717) is 21.5 Å². The first kappa shape index (κ1) is 11.0. The van der Waals surface area contributed by atoms with Crippen molar-refractivity contribution in [3.63, 3.8) is 0 Å². The zero-order chi connectivity index (χ0) is 12.5. The van der Waals surface area contributed by atoms with Gasteiger partial charge in [-0.15, -0.1) is 0 Å². The highest BCUT2D eigenvalue weighted by molar-refractivity contribution is 6.31. The van der Waals surface area contributed by atoms with Gasteiger partial charge in [-0.05, 0) is 18.2 Å². The summed E-state index contributed by atoms with van der Waals surface area (Å²) in [5.41, 5.74) is 1.19. The molecule has 0 aliphatic carbocycles. The predicted molar refractivity (Wildman–Crippen MR) is 68.9 cm³/mol. The number of benzene rings is 2. The molecule has 0 saturated heterocycles. The van der Waals surface area contributed by atoms with Gasteiger partial charge in [0.25, 0.3) is 0 Å². The first-order chi connectivity index (χ1) is 8.75. The summed E-state index contributed by atoms with van der Waals surface area (Å²) in [5, 5.41) is 5.04. The molecule has 3 nitrogen and oxygen atoms in total. The van der Waals surface area contributed by atoms with Crippen LogP contribution in [-0.4, -0.2) is 10.9 Å². The van der Waals surface area contributed by atoms with Crippen LogP contribution in [0.4, 0.5) is 0 Å². The van der Waals surface area contributed by atoms with E-state index in [0.717, 1.165) is 0 Å². The summed E-state index contributed by atoms with van der Waals surface area (Å²) in [6.07, 6.45) is 0. The average Bonchev–Trinajstić information content (AvgIpc) is 2.82. The second kappa shape index (κ2) is 4.27. The summed E-state index contributed by atoms with van der Waals surface area (Å²) in [6, 6.07) is 14.1. The summed E-state index contributed by atoms with van der Waals surface area (Å²) < 4.78 is 5.13. The molecule has 0 aliphatic rings. The molecule has 0 N–H and O–H groups in total. The molecule has 2 aromatic carbocycles. The highest BCUT2D eigenvalue weighted by Crippen LogP contribution is 2.24. The summed E-state index contributed by atoms with van der Waals surface area (Å²) in [6.45, 7) is 0. The minimum absolute atomic E-state index is 0.194. The number of aromatic nitrogens is 1. The molecule has 0 saturated carbocycles. The lowest BCUT2D eigenvalue weighted by Gasteiger charge is -1.96. The number of hydrogen-bond donors (Lipinski definition) is 0. The van der Waals surface area contributed by atoms with Gasteiger partial charge in [-0.25, -0.2) is 0 Å². The summed E-state index contributed by atoms with van der Waals surface area (Å²) >= 11 is 5.92. The van der Waals surface area contributed by atoms with E-state index in [4.69, 9.17) is 16.1 Å². The molecular weight excluding hydrogens is 250 g/mol. The van der Waals surface area contributed by atoms with E-state index in [1.807, 2.05) is 6.07 Å². The Morgan fingerprint density at radius 3 is 2.67 bits per heavy atom. The van der Waals surface area contributed by atoms with Crippen LogP contribution in [0.2, 0.25) is 5.02 Å². The predicted octanol–water partition coefficient (Wildman–Crippen LogP) is 3.71. The number of halogens is 1. The van der Waals surface area contributed by atoms with Gasteiger partial charge < -0.3 is 4.52 Å². The normalized spacial score (nSPS) is 10.7. The largest absolute Gasteiger partial charge is 0.351 e. The molecule has 0 atom stereocenters. The van der Waals surface area contributed by atoms with Crippen LogP contribution in [0, 0.1) is 0 Å². The second-order valence-corrected chi connectivity index (χ2v) is 4.30. The molecule has 4 heteroatoms. The van der Waals surface area contributed by atoms with Gasteiger partial charge in [0.2, 0.25) is 11.5 Å². The third-order valence-corrected chi connectivity index (χ3v) is 2.92. The summed E-state index contributed by atoms with van der Waals surface area (Å²) in [5.74, 6) is 0.0269. The fraction of sp³-hybridized carbons (Fsp3) is 0. The van der Waals surface area contributed by atoms with Crippen molar-refractivity contribution in [3.8, 4) is 0 Å². The van der Waals surface area contributed by atoms with Crippen molar-refractivity contribution in [1.82, 2.24) is 5.16 Å². The number of carbonyl (C=O) groups is 1. The minimum Gasteiger partial charge on any atom is -0.351 e. The standard InChI is InChI=1S/C14H8ClNO2/c15-10-6-7-12-11(8-10)14(18-16-12)13(17)9-4-2-1-3-5-9/h1-8H. The lowest BCUT2D eigenvalue weighted by atomic mass is 10.1. The molecule has 88 valence electrons. The number of nitrogens with zero attached hydrogens (tertiary/aromatic N) is 1. The third kappa shape index (κ3) is 1.79. The van der Waals surface area contributed by atoms with Crippen molar-refractivity contribution in [2.45, 2.75) is 0 Å². The van der Waals surface area contributed by atoms with Gasteiger partial charge in [0.1, 0.15) is 5.52 Å². The Hall–Kier alpha value is -2.13. The highest BCUT2D eigenvalue weighted by atomic mass is 35.5. The molecular formula is C14H8ClNO2. The Morgan fingerprint density at radius 2 is 1.89 bits per heavy atom. The van der Waals surface area contributed by atoms with Crippen LogP contribution in [0.5, 0.6) is 0 Å². The maximum Gasteiger partial charge on any atom is 0.231 e. The van der Waals surface area contributed by atoms with Gasteiger partial charge in [0.15, 0.2) is 0 Å². The van der Waals surface area contributed by atoms with E-state index in [-0.39, 0.29) is 11.5 Å². The Bertz CT molecular complexity index is 719. The van der Waals surface area contributed by atoms with Crippen molar-refractivity contribution < 1.29 is 9.32 Å². The van der Waals surface area contributed by atoms with Crippen LogP contribution < -0.4 is 0 Å². The van der Waals surface area contributed by atoms with E-state index >= 15 is 0 Å². The van der Waals surface area contributed by atoms with Crippen molar-refractivity contribution in [2.75, 3.05) is 0 Å². The van der Waals surface area contributed by atoms with Crippen molar-refractivity contribution in [1.29, 1.82) is 0 Å². The van der Waals surface area contributed by atoms with E-state index in [9.17, 15) is 4.79 Å². The van der Waals surface area contributed by atoms with Crippen LogP contribution >= 0.6 is 11.6 Å². The SMILES string of the molecule is O=C(c1ccccc1)c1onc2ccc(Cl)cc12. The Morgan fingerprint density at radius 1 is 1.11 bits per heavy atom. The van der Waals surface area contributed by atoms with Gasteiger partial charge in [0.05, 0.1) is 5.39 Å². The van der Waals surface area contributed by atoms with Crippen LogP contribution in [0.25, 0.3) is 10.9 Å². The molecule has 0 amide bonds. The van der Waals surface area contributed by atoms with Crippen LogP contribution in [0.15, 0.2) is 53.1 Å². The molecule has 0 spiro atoms. The van der Waals surface area contributed by atoms with Crippen molar-refractivity contribution in [2.24, 2.45) is 0 Å². The fourth-order valence-electron chi connectivity index (χ4n) is 1.80. The van der Waals surface area contributed by atoms with Gasteiger partial charge in [0, 0.05) is 10.6 Å². The molecule has 1 aromatic heterocycles. The third-order valence-electron chi connectivity index (χ3n) is 2.68. The average molecular weight is 258 g/mol. The van der Waals surface area contributed by atoms with Crippen LogP contribution in [0.3, 0.4) is 0 Å². The van der Waals surface area contributed by atoms with E-state index in [1.165, 1.54) is 0 Å². The molecule has 0 fully saturated rings. The second-order valence-electron chi connectivity index (χ2n) is 3.87. The number of carbonyl (C=O) groups excluding carboxylic acids is 1. The van der Waals surface area contributed by atoms with Gasteiger partial charge in [-0.1, -0.05) is 47.1 Å². The lowest BCUT2D eigenvalue weighted by molar-refractivity contribution is 0.100. The van der Waals surface area contributed by atoms with E-state index in [2.05, 4.69) is 5.16 Å². The van der Waals surface area contributed by atoms with Crippen LogP contribution in [0.1, 0.15) is 16.1 Å². The van der Waals surface area contributed by atoms with Crippen LogP contribution in [-0.2, 0) is 0 Å². The lowest BCUT2D eigenvalue weighted by Crippen LogP contribution is -1.99. The minimum atomic E-state index is -0.194. The fourth-order valence-corrected chi connectivity index (χ4v) is 1.97. The highest BCUT2D eigenvalue weighted by Gasteiger charge is 2.18. The van der Waals surface area contributed by atoms with Crippen molar-refractivity contribution >= 4 is 28.3 Å². The smallest absolute Gasteiger partial charge is 0.231 e. The summed E-state index contributed by atoms with van der Waals surface area (Å²) in [4.78, 5) is 12.3. The number of rotatable bonds is 2. The summed E-state index contributed by atoms with van der Waals surface area (Å²) in [7, 11) is 0. The molecule has 0 bridgehead atoms. The Labute approximate surface area is 108 Å². The topological polar surface area (TPSA) is 43.1 Å². The monoisotopic (exact) mass is 257 g/mol. The Balaban J connectivity index is 2.15.